The van der Waals surface area contributed by atoms with Crippen LogP contribution in [0.1, 0.15) is 57.4 Å². The lowest BCUT2D eigenvalue weighted by Crippen LogP contribution is -2.21. The van der Waals surface area contributed by atoms with E-state index >= 15 is 0 Å². The van der Waals surface area contributed by atoms with E-state index in [2.05, 4.69) is 6.92 Å². The van der Waals surface area contributed by atoms with Crippen molar-refractivity contribution in [3.63, 3.8) is 0 Å². The third-order valence-corrected chi connectivity index (χ3v) is 4.04. The maximum Gasteiger partial charge on any atom is 0.334 e. The first kappa shape index (κ1) is 18.3. The zero-order chi connectivity index (χ0) is 17.0. The molecule has 1 aromatic carbocycles. The van der Waals surface area contributed by atoms with Crippen LogP contribution < -0.4 is 0 Å². The molecule has 1 aliphatic heterocycles. The number of esters is 1. The Balaban J connectivity index is 1.72. The maximum absolute atomic E-state index is 11.7. The summed E-state index contributed by atoms with van der Waals surface area (Å²) in [4.78, 5) is 11.7. The van der Waals surface area contributed by atoms with Gasteiger partial charge in [0.05, 0.1) is 12.7 Å². The van der Waals surface area contributed by atoms with Crippen LogP contribution in [0.25, 0.3) is 6.08 Å². The second-order valence-electron chi connectivity index (χ2n) is 6.18. The third kappa shape index (κ3) is 7.03. The normalized spacial score (nSPS) is 17.6. The van der Waals surface area contributed by atoms with Gasteiger partial charge < -0.3 is 9.47 Å². The molecule has 1 aliphatic rings. The molecule has 0 bridgehead atoms. The first-order valence-corrected chi connectivity index (χ1v) is 9.05. The lowest BCUT2D eigenvalue weighted by molar-refractivity contribution is -0.142. The summed E-state index contributed by atoms with van der Waals surface area (Å²) >= 11 is 0. The minimum Gasteiger partial charge on any atom is -0.498 e. The molecule has 24 heavy (non-hydrogen) atoms. The van der Waals surface area contributed by atoms with Crippen LogP contribution in [0.2, 0.25) is 0 Å². The summed E-state index contributed by atoms with van der Waals surface area (Å²) in [5.74, 6) is 0.421. The van der Waals surface area contributed by atoms with Gasteiger partial charge in [0.15, 0.2) is 0 Å². The molecule has 3 nitrogen and oxygen atoms in total. The van der Waals surface area contributed by atoms with Gasteiger partial charge in [-0.15, -0.1) is 0 Å². The summed E-state index contributed by atoms with van der Waals surface area (Å²) in [7, 11) is 0. The lowest BCUT2D eigenvalue weighted by atomic mass is 10.1. The van der Waals surface area contributed by atoms with Gasteiger partial charge >= 0.3 is 5.97 Å². The zero-order valence-electron chi connectivity index (χ0n) is 14.6. The average Bonchev–Trinajstić information content (AvgIpc) is 2.60. The van der Waals surface area contributed by atoms with E-state index in [-0.39, 0.29) is 12.1 Å². The molecule has 1 unspecified atom stereocenters. The highest BCUT2D eigenvalue weighted by Gasteiger charge is 2.20. The van der Waals surface area contributed by atoms with Crippen molar-refractivity contribution in [3.05, 3.63) is 53.8 Å². The monoisotopic (exact) mass is 328 g/mol. The first-order valence-electron chi connectivity index (χ1n) is 9.05. The van der Waals surface area contributed by atoms with Crippen LogP contribution in [0.15, 0.2) is 48.2 Å². The van der Waals surface area contributed by atoms with Gasteiger partial charge in [0.1, 0.15) is 11.9 Å². The van der Waals surface area contributed by atoms with E-state index in [9.17, 15) is 4.79 Å². The largest absolute Gasteiger partial charge is 0.498 e. The number of benzene rings is 1. The molecule has 0 aromatic heterocycles. The molecule has 1 atom stereocenters. The van der Waals surface area contributed by atoms with Crippen molar-refractivity contribution in [3.8, 4) is 0 Å². The molecule has 0 spiro atoms. The summed E-state index contributed by atoms with van der Waals surface area (Å²) < 4.78 is 11.1. The van der Waals surface area contributed by atoms with Gasteiger partial charge in [0.25, 0.3) is 0 Å². The molecule has 0 fully saturated rings. The Morgan fingerprint density at radius 3 is 2.67 bits per heavy atom. The predicted octanol–water partition coefficient (Wildman–Crippen LogP) is 5.28. The fourth-order valence-electron chi connectivity index (χ4n) is 2.69. The molecular formula is C21H28O3. The Morgan fingerprint density at radius 1 is 1.12 bits per heavy atom. The highest BCUT2D eigenvalue weighted by Crippen LogP contribution is 2.19. The van der Waals surface area contributed by atoms with E-state index in [1.807, 2.05) is 42.5 Å². The van der Waals surface area contributed by atoms with Gasteiger partial charge in [-0.1, -0.05) is 75.4 Å². The summed E-state index contributed by atoms with van der Waals surface area (Å²) in [5.41, 5.74) is 1.10. The van der Waals surface area contributed by atoms with Gasteiger partial charge in [-0.2, -0.15) is 0 Å². The Bertz CT molecular complexity index is 545. The molecule has 0 radical (unpaired) electrons. The van der Waals surface area contributed by atoms with Crippen molar-refractivity contribution < 1.29 is 14.3 Å². The van der Waals surface area contributed by atoms with Gasteiger partial charge in [0, 0.05) is 6.42 Å². The van der Waals surface area contributed by atoms with Crippen molar-refractivity contribution in [1.82, 2.24) is 0 Å². The number of cyclic esters (lactones) is 1. The lowest BCUT2D eigenvalue weighted by Gasteiger charge is -2.21. The van der Waals surface area contributed by atoms with E-state index in [4.69, 9.17) is 9.47 Å². The number of hydrogen-bond donors (Lipinski definition) is 0. The van der Waals surface area contributed by atoms with Crippen LogP contribution in [0.3, 0.4) is 0 Å². The first-order chi connectivity index (χ1) is 11.8. The van der Waals surface area contributed by atoms with Crippen LogP contribution in [0, 0.1) is 0 Å². The molecular weight excluding hydrogens is 300 g/mol. The predicted molar refractivity (Wildman–Crippen MR) is 97.4 cm³/mol. The molecule has 0 N–H and O–H groups in total. The van der Waals surface area contributed by atoms with Crippen molar-refractivity contribution in [2.24, 2.45) is 0 Å². The fourth-order valence-corrected chi connectivity index (χ4v) is 2.69. The molecule has 1 heterocycles. The second-order valence-corrected chi connectivity index (χ2v) is 6.18. The van der Waals surface area contributed by atoms with Crippen molar-refractivity contribution >= 4 is 12.0 Å². The highest BCUT2D eigenvalue weighted by atomic mass is 16.6. The van der Waals surface area contributed by atoms with E-state index < -0.39 is 0 Å². The molecule has 0 aliphatic carbocycles. The second kappa shape index (κ2) is 10.7. The number of unbranched alkanes of at least 4 members (excludes halogenated alkanes) is 5. The summed E-state index contributed by atoms with van der Waals surface area (Å²) in [6.45, 7) is 2.90. The Labute approximate surface area is 145 Å². The smallest absolute Gasteiger partial charge is 0.334 e. The SMILES string of the molecule is CCCCCCCCOC1=CC(=O)OC(/C=C/c2ccccc2)C1. The molecule has 0 saturated carbocycles. The molecule has 2 rings (SSSR count). The number of carbonyl (C=O) groups is 1. The van der Waals surface area contributed by atoms with Gasteiger partial charge in [-0.3, -0.25) is 0 Å². The van der Waals surface area contributed by atoms with Crippen LogP contribution in [0.5, 0.6) is 0 Å². The number of rotatable bonds is 10. The van der Waals surface area contributed by atoms with Gasteiger partial charge in [-0.25, -0.2) is 4.79 Å². The van der Waals surface area contributed by atoms with Gasteiger partial charge in [-0.05, 0) is 18.1 Å². The maximum atomic E-state index is 11.7. The van der Waals surface area contributed by atoms with Crippen molar-refractivity contribution in [1.29, 1.82) is 0 Å². The van der Waals surface area contributed by atoms with E-state index in [1.54, 1.807) is 0 Å². The third-order valence-electron chi connectivity index (χ3n) is 4.04. The van der Waals surface area contributed by atoms with Crippen LogP contribution in [0.4, 0.5) is 0 Å². The number of hydrogen-bond acceptors (Lipinski definition) is 3. The van der Waals surface area contributed by atoms with E-state index in [0.29, 0.717) is 13.0 Å². The van der Waals surface area contributed by atoms with E-state index in [0.717, 1.165) is 17.7 Å². The molecule has 3 heteroatoms. The summed E-state index contributed by atoms with van der Waals surface area (Å²) in [6.07, 6.45) is 13.1. The van der Waals surface area contributed by atoms with Crippen LogP contribution >= 0.6 is 0 Å². The number of carbonyl (C=O) groups excluding carboxylic acids is 1. The minimum absolute atomic E-state index is 0.248. The van der Waals surface area contributed by atoms with Crippen molar-refractivity contribution in [2.75, 3.05) is 6.61 Å². The Kier molecular flexibility index (Phi) is 8.16. The highest BCUT2D eigenvalue weighted by molar-refractivity contribution is 5.83. The molecule has 0 saturated heterocycles. The quantitative estimate of drug-likeness (QED) is 0.433. The zero-order valence-corrected chi connectivity index (χ0v) is 14.6. The van der Waals surface area contributed by atoms with Crippen LogP contribution in [-0.4, -0.2) is 18.7 Å². The molecule has 1 aromatic rings. The molecule has 130 valence electrons. The minimum atomic E-state index is -0.318. The van der Waals surface area contributed by atoms with Gasteiger partial charge in [0.2, 0.25) is 0 Å². The van der Waals surface area contributed by atoms with E-state index in [1.165, 1.54) is 38.2 Å². The Hall–Kier alpha value is -2.03. The number of ether oxygens (including phenoxy) is 2. The van der Waals surface area contributed by atoms with Crippen LogP contribution in [-0.2, 0) is 14.3 Å². The molecule has 0 amide bonds. The topological polar surface area (TPSA) is 35.5 Å². The average molecular weight is 328 g/mol. The summed E-state index contributed by atoms with van der Waals surface area (Å²) in [5, 5.41) is 0. The summed E-state index contributed by atoms with van der Waals surface area (Å²) in [6, 6.07) is 10.00. The Morgan fingerprint density at radius 2 is 1.88 bits per heavy atom. The fraction of sp³-hybridized carbons (Fsp3) is 0.476. The van der Waals surface area contributed by atoms with Crippen molar-refractivity contribution in [2.45, 2.75) is 58.0 Å². The standard InChI is InChI=1S/C21H28O3/c1-2-3-4-5-6-10-15-23-20-16-19(24-21(22)17-20)14-13-18-11-8-7-9-12-18/h7-9,11-14,17,19H,2-6,10,15-16H2,1H3/b14-13+.